The number of rotatable bonds is 7. The van der Waals surface area contributed by atoms with Crippen LogP contribution in [0.3, 0.4) is 0 Å². The van der Waals surface area contributed by atoms with Crippen LogP contribution < -0.4 is 15.4 Å². The molecule has 0 aliphatic carbocycles. The topological polar surface area (TPSA) is 83.6 Å². The number of aromatic nitrogens is 1. The number of ether oxygens (including phenoxy) is 1. The molecule has 2 aliphatic rings. The number of allylic oxidation sites excluding steroid dienone is 1. The van der Waals surface area contributed by atoms with Crippen molar-refractivity contribution in [1.29, 1.82) is 0 Å². The molecule has 35 heavy (non-hydrogen) atoms. The molecule has 2 aromatic heterocycles. The van der Waals surface area contributed by atoms with Crippen LogP contribution in [-0.4, -0.2) is 46.9 Å². The van der Waals surface area contributed by atoms with Crippen molar-refractivity contribution in [3.63, 3.8) is 0 Å². The normalized spacial score (nSPS) is 20.1. The van der Waals surface area contributed by atoms with E-state index >= 15 is 0 Å². The minimum atomic E-state index is -0.120. The van der Waals surface area contributed by atoms with Crippen molar-refractivity contribution in [1.82, 2.24) is 20.5 Å². The molecule has 2 amide bonds. The summed E-state index contributed by atoms with van der Waals surface area (Å²) in [5, 5.41) is 7.42. The van der Waals surface area contributed by atoms with E-state index in [9.17, 15) is 9.59 Å². The van der Waals surface area contributed by atoms with Gasteiger partial charge in [0.2, 0.25) is 11.8 Å². The lowest BCUT2D eigenvalue weighted by atomic mass is 10.0. The number of pyridine rings is 1. The van der Waals surface area contributed by atoms with Crippen molar-refractivity contribution in [3.8, 4) is 16.9 Å². The van der Waals surface area contributed by atoms with Gasteiger partial charge in [-0.15, -0.1) is 11.3 Å². The summed E-state index contributed by atoms with van der Waals surface area (Å²) < 4.78 is 7.58. The molecule has 0 bridgehead atoms. The van der Waals surface area contributed by atoms with E-state index in [4.69, 9.17) is 16.3 Å². The van der Waals surface area contributed by atoms with Gasteiger partial charge >= 0.3 is 0 Å². The highest BCUT2D eigenvalue weighted by Gasteiger charge is 2.31. The number of carbonyl (C=O) groups excluding carboxylic acids is 2. The quantitative estimate of drug-likeness (QED) is 0.458. The van der Waals surface area contributed by atoms with Crippen molar-refractivity contribution < 1.29 is 14.3 Å². The molecule has 0 radical (unpaired) electrons. The molecule has 5 rings (SSSR count). The Balaban J connectivity index is 1.53. The summed E-state index contributed by atoms with van der Waals surface area (Å²) in [6.07, 6.45) is 2.26. The van der Waals surface area contributed by atoms with Gasteiger partial charge in [-0.25, -0.2) is 0 Å². The Bertz CT molecular complexity index is 1320. The first-order chi connectivity index (χ1) is 16.8. The van der Waals surface area contributed by atoms with E-state index < -0.39 is 0 Å². The van der Waals surface area contributed by atoms with Gasteiger partial charge in [-0.3, -0.25) is 19.5 Å². The summed E-state index contributed by atoms with van der Waals surface area (Å²) in [6.45, 7) is 9.71. The lowest BCUT2D eigenvalue weighted by molar-refractivity contribution is -0.138. The van der Waals surface area contributed by atoms with E-state index in [0.29, 0.717) is 5.02 Å². The molecule has 0 unspecified atom stereocenters. The third kappa shape index (κ3) is 4.78. The van der Waals surface area contributed by atoms with Gasteiger partial charge in [0.1, 0.15) is 11.9 Å². The standard InChI is InChI=1S/C26H27ClN4O3S/c1-14(2)30-21-11-28-12-22(21)34-25-15(3)8-16(27)9-19(25)18-6-7-29-20-10-17(35-26(18)20)13-31-23(32)4-5-24(31)33/h6-10,21-22,28,30H,1,4-5,11-13H2,2-3H3/t21-,22+/m0/s1. The summed E-state index contributed by atoms with van der Waals surface area (Å²) in [7, 11) is 0. The van der Waals surface area contributed by atoms with E-state index in [1.54, 1.807) is 6.20 Å². The second kappa shape index (κ2) is 9.60. The molecule has 9 heteroatoms. The molecular weight excluding hydrogens is 484 g/mol. The smallest absolute Gasteiger partial charge is 0.230 e. The van der Waals surface area contributed by atoms with Crippen LogP contribution in [0.4, 0.5) is 0 Å². The first-order valence-electron chi connectivity index (χ1n) is 11.6. The fraction of sp³-hybridized carbons (Fsp3) is 0.346. The number of nitrogens with one attached hydrogen (secondary N) is 2. The number of fused-ring (bicyclic) bond motifs is 1. The van der Waals surface area contributed by atoms with E-state index in [2.05, 4.69) is 22.2 Å². The second-order valence-electron chi connectivity index (χ2n) is 9.10. The van der Waals surface area contributed by atoms with E-state index in [-0.39, 0.29) is 43.3 Å². The van der Waals surface area contributed by atoms with Gasteiger partial charge in [-0.05, 0) is 43.7 Å². The van der Waals surface area contributed by atoms with Crippen LogP contribution in [0.2, 0.25) is 5.02 Å². The van der Waals surface area contributed by atoms with Crippen molar-refractivity contribution in [2.75, 3.05) is 13.1 Å². The molecule has 0 spiro atoms. The largest absolute Gasteiger partial charge is 0.486 e. The third-order valence-electron chi connectivity index (χ3n) is 6.32. The Hall–Kier alpha value is -2.94. The van der Waals surface area contributed by atoms with Gasteiger partial charge in [-0.2, -0.15) is 0 Å². The van der Waals surface area contributed by atoms with Crippen molar-refractivity contribution >= 4 is 45.0 Å². The molecule has 4 heterocycles. The van der Waals surface area contributed by atoms with Gasteiger partial charge in [0, 0.05) is 58.9 Å². The lowest BCUT2D eigenvalue weighted by Crippen LogP contribution is -2.41. The summed E-state index contributed by atoms with van der Waals surface area (Å²) >= 11 is 8.04. The van der Waals surface area contributed by atoms with Gasteiger partial charge in [-0.1, -0.05) is 18.2 Å². The predicted molar refractivity (Wildman–Crippen MR) is 139 cm³/mol. The summed E-state index contributed by atoms with van der Waals surface area (Å²) in [5.41, 5.74) is 4.52. The van der Waals surface area contributed by atoms with Gasteiger partial charge in [0.15, 0.2) is 0 Å². The SMILES string of the molecule is C=C(C)N[C@H]1CNC[C@H]1Oc1c(C)cc(Cl)cc1-c1ccnc2cc(CN3C(=O)CCC3=O)sc12. The predicted octanol–water partition coefficient (Wildman–Crippen LogP) is 4.42. The number of thiophene rings is 1. The molecule has 0 saturated carbocycles. The number of aryl methyl sites for hydroxylation is 1. The highest BCUT2D eigenvalue weighted by atomic mass is 35.5. The zero-order chi connectivity index (χ0) is 24.7. The van der Waals surface area contributed by atoms with Crippen LogP contribution in [0.25, 0.3) is 21.3 Å². The highest BCUT2D eigenvalue weighted by Crippen LogP contribution is 2.42. The maximum absolute atomic E-state index is 12.1. The summed E-state index contributed by atoms with van der Waals surface area (Å²) in [6, 6.07) is 7.86. The van der Waals surface area contributed by atoms with Crippen molar-refractivity contribution in [2.45, 2.75) is 45.4 Å². The Morgan fingerprint density at radius 3 is 2.77 bits per heavy atom. The Kier molecular flexibility index (Phi) is 6.53. The van der Waals surface area contributed by atoms with E-state index in [0.717, 1.165) is 56.3 Å². The fourth-order valence-corrected chi connectivity index (χ4v) is 6.11. The molecule has 3 aromatic rings. The third-order valence-corrected chi connectivity index (χ3v) is 7.68. The molecule has 2 N–H and O–H groups in total. The Morgan fingerprint density at radius 1 is 1.26 bits per heavy atom. The van der Waals surface area contributed by atoms with Crippen molar-refractivity contribution in [3.05, 3.63) is 58.2 Å². The van der Waals surface area contributed by atoms with Crippen LogP contribution in [0.1, 0.15) is 30.2 Å². The Labute approximate surface area is 213 Å². The van der Waals surface area contributed by atoms with Crippen LogP contribution >= 0.6 is 22.9 Å². The number of halogens is 1. The first kappa shape index (κ1) is 23.8. The molecular formula is C26H27ClN4O3S. The monoisotopic (exact) mass is 510 g/mol. The maximum Gasteiger partial charge on any atom is 0.230 e. The number of nitrogens with zero attached hydrogens (tertiary/aromatic N) is 2. The lowest BCUT2D eigenvalue weighted by Gasteiger charge is -2.25. The molecule has 2 saturated heterocycles. The maximum atomic E-state index is 12.1. The number of imide groups is 1. The van der Waals surface area contributed by atoms with Crippen LogP contribution in [0.5, 0.6) is 5.75 Å². The first-order valence-corrected chi connectivity index (χ1v) is 12.8. The number of benzene rings is 1. The molecule has 2 fully saturated rings. The van der Waals surface area contributed by atoms with Gasteiger partial charge in [0.25, 0.3) is 0 Å². The molecule has 7 nitrogen and oxygen atoms in total. The van der Waals surface area contributed by atoms with Crippen LogP contribution in [-0.2, 0) is 16.1 Å². The molecule has 182 valence electrons. The summed E-state index contributed by atoms with van der Waals surface area (Å²) in [4.78, 5) is 31.0. The average Bonchev–Trinajstić information content (AvgIpc) is 3.50. The zero-order valence-corrected chi connectivity index (χ0v) is 21.3. The minimum absolute atomic E-state index is 0.0752. The second-order valence-corrected chi connectivity index (χ2v) is 10.7. The van der Waals surface area contributed by atoms with Crippen LogP contribution in [0.15, 0.2) is 42.7 Å². The molecule has 2 aliphatic heterocycles. The number of likely N-dealkylation sites (tertiary alicyclic amines) is 1. The van der Waals surface area contributed by atoms with Crippen LogP contribution in [0, 0.1) is 6.92 Å². The number of hydrogen-bond acceptors (Lipinski definition) is 7. The summed E-state index contributed by atoms with van der Waals surface area (Å²) in [5.74, 6) is 0.541. The number of amides is 2. The average molecular weight is 511 g/mol. The van der Waals surface area contributed by atoms with E-state index in [1.165, 1.54) is 16.2 Å². The molecule has 1 aromatic carbocycles. The highest BCUT2D eigenvalue weighted by molar-refractivity contribution is 7.19. The van der Waals surface area contributed by atoms with Gasteiger partial charge < -0.3 is 15.4 Å². The van der Waals surface area contributed by atoms with Gasteiger partial charge in [0.05, 0.1) is 22.8 Å². The Morgan fingerprint density at radius 2 is 2.03 bits per heavy atom. The molecule has 2 atom stereocenters. The van der Waals surface area contributed by atoms with Crippen molar-refractivity contribution in [2.24, 2.45) is 0 Å². The minimum Gasteiger partial charge on any atom is -0.486 e. The number of hydrogen-bond donors (Lipinski definition) is 2. The number of carbonyl (C=O) groups is 2. The fourth-order valence-electron chi connectivity index (χ4n) is 4.71. The zero-order valence-electron chi connectivity index (χ0n) is 19.7. The van der Waals surface area contributed by atoms with E-state index in [1.807, 2.05) is 38.1 Å².